The van der Waals surface area contributed by atoms with E-state index in [2.05, 4.69) is 59.0 Å². The minimum absolute atomic E-state index is 0.107. The number of benzene rings is 1. The predicted octanol–water partition coefficient (Wildman–Crippen LogP) is 5.42. The molecule has 170 valence electrons. The Morgan fingerprint density at radius 3 is 2.88 bits per heavy atom. The van der Waals surface area contributed by atoms with Crippen LogP contribution in [0.1, 0.15) is 60.5 Å². The second-order valence-electron chi connectivity index (χ2n) is 8.96. The molecule has 1 saturated heterocycles. The maximum absolute atomic E-state index is 13.4. The summed E-state index contributed by atoms with van der Waals surface area (Å²) in [5.74, 6) is 0.107. The van der Waals surface area contributed by atoms with E-state index in [9.17, 15) is 14.9 Å². The third kappa shape index (κ3) is 4.77. The number of hydrogen-bond acceptors (Lipinski definition) is 4. The molecular formula is C25H30IN3O3. The van der Waals surface area contributed by atoms with E-state index < -0.39 is 0 Å². The van der Waals surface area contributed by atoms with Crippen molar-refractivity contribution in [2.24, 2.45) is 5.41 Å². The van der Waals surface area contributed by atoms with Gasteiger partial charge >= 0.3 is 0 Å². The number of carbonyl (C=O) groups is 1. The van der Waals surface area contributed by atoms with Crippen LogP contribution < -0.4 is 0 Å². The summed E-state index contributed by atoms with van der Waals surface area (Å²) in [4.78, 5) is 26.2. The maximum Gasteiger partial charge on any atom is 0.263 e. The molecule has 2 fully saturated rings. The summed E-state index contributed by atoms with van der Waals surface area (Å²) in [5.41, 5.74) is 4.28. The van der Waals surface area contributed by atoms with E-state index in [0.717, 1.165) is 68.4 Å². The highest BCUT2D eigenvalue weighted by atomic mass is 127. The number of fused-ring (bicyclic) bond motifs is 1. The van der Waals surface area contributed by atoms with E-state index in [-0.39, 0.29) is 28.8 Å². The third-order valence-electron chi connectivity index (χ3n) is 7.00. The Morgan fingerprint density at radius 2 is 2.16 bits per heavy atom. The third-order valence-corrected chi connectivity index (χ3v) is 8.11. The predicted molar refractivity (Wildman–Crippen MR) is 135 cm³/mol. The van der Waals surface area contributed by atoms with Crippen LogP contribution in [0, 0.1) is 15.5 Å². The molecule has 2 aliphatic carbocycles. The van der Waals surface area contributed by atoms with Crippen molar-refractivity contribution in [1.82, 2.24) is 8.01 Å². The molecule has 3 aliphatic rings. The van der Waals surface area contributed by atoms with Gasteiger partial charge in [0.05, 0.1) is 22.9 Å². The maximum atomic E-state index is 13.4. The fourth-order valence-corrected chi connectivity index (χ4v) is 6.06. The van der Waals surface area contributed by atoms with Gasteiger partial charge in [-0.1, -0.05) is 37.3 Å². The summed E-state index contributed by atoms with van der Waals surface area (Å²) in [6.45, 7) is 3.65. The number of likely N-dealkylation sites (tertiary alicyclic amines) is 1. The van der Waals surface area contributed by atoms with Gasteiger partial charge < -0.3 is 4.90 Å². The first kappa shape index (κ1) is 23.0. The zero-order valence-electron chi connectivity index (χ0n) is 18.5. The highest BCUT2D eigenvalue weighted by molar-refractivity contribution is 14.1. The van der Waals surface area contributed by atoms with Gasteiger partial charge in [-0.15, -0.1) is 0 Å². The van der Waals surface area contributed by atoms with Crippen LogP contribution in [-0.2, 0) is 6.42 Å². The molecule has 32 heavy (non-hydrogen) atoms. The molecule has 1 amide bonds. The van der Waals surface area contributed by atoms with Gasteiger partial charge in [0.2, 0.25) is 6.54 Å². The average Bonchev–Trinajstić information content (AvgIpc) is 3.51. The molecule has 6 nitrogen and oxygen atoms in total. The van der Waals surface area contributed by atoms with E-state index in [1.54, 1.807) is 6.08 Å². The van der Waals surface area contributed by atoms with Crippen LogP contribution in [0.5, 0.6) is 0 Å². The second kappa shape index (κ2) is 9.77. The van der Waals surface area contributed by atoms with Gasteiger partial charge in [-0.3, -0.25) is 18.0 Å². The SMILES string of the molecule is CC/C=C\C(=C/C[N+](=O)[O-])N1CCC2(CC1)CC2N(I)C(=O)c1cccc2c1C=CCC2. The molecule has 1 atom stereocenters. The van der Waals surface area contributed by atoms with Crippen molar-refractivity contribution in [2.75, 3.05) is 19.6 Å². The zero-order valence-corrected chi connectivity index (χ0v) is 20.7. The first-order valence-electron chi connectivity index (χ1n) is 11.5. The van der Waals surface area contributed by atoms with E-state index in [0.29, 0.717) is 0 Å². The lowest BCUT2D eigenvalue weighted by atomic mass is 9.91. The van der Waals surface area contributed by atoms with Crippen molar-refractivity contribution in [3.8, 4) is 0 Å². The summed E-state index contributed by atoms with van der Waals surface area (Å²) >= 11 is 2.22. The summed E-state index contributed by atoms with van der Waals surface area (Å²) < 4.78 is 1.94. The number of carbonyl (C=O) groups excluding carboxylic acids is 1. The van der Waals surface area contributed by atoms with Crippen LogP contribution in [0.4, 0.5) is 0 Å². The minimum Gasteiger partial charge on any atom is -0.372 e. The van der Waals surface area contributed by atoms with Crippen LogP contribution in [-0.4, -0.2) is 44.5 Å². The number of piperidine rings is 1. The van der Waals surface area contributed by atoms with Crippen molar-refractivity contribution in [3.63, 3.8) is 0 Å². The van der Waals surface area contributed by atoms with E-state index in [1.807, 2.05) is 21.3 Å². The topological polar surface area (TPSA) is 66.7 Å². The van der Waals surface area contributed by atoms with Gasteiger partial charge in [-0.05, 0) is 67.2 Å². The van der Waals surface area contributed by atoms with Gasteiger partial charge in [0.15, 0.2) is 0 Å². The standard InChI is InChI=1S/C25H30IN3O3/c1-2-3-9-20(12-15-28(31)32)27-16-13-25(14-17-27)18-23(25)29(26)24(30)22-11-6-8-19-7-4-5-10-21(19)22/h3,5-6,8-12,23H,2,4,7,13-18H2,1H3/b9-3-,20-12+. The fraction of sp³-hybridized carbons (Fsp3) is 0.480. The molecule has 1 saturated carbocycles. The lowest BCUT2D eigenvalue weighted by Crippen LogP contribution is -2.37. The van der Waals surface area contributed by atoms with Crippen molar-refractivity contribution < 1.29 is 9.72 Å². The Labute approximate surface area is 203 Å². The average molecular weight is 547 g/mol. The van der Waals surface area contributed by atoms with Gasteiger partial charge in [0.25, 0.3) is 5.91 Å². The molecule has 1 unspecified atom stereocenters. The number of hydrogen-bond donors (Lipinski definition) is 0. The Balaban J connectivity index is 1.41. The van der Waals surface area contributed by atoms with Crippen molar-refractivity contribution in [2.45, 2.75) is 51.5 Å². The monoisotopic (exact) mass is 547 g/mol. The largest absolute Gasteiger partial charge is 0.372 e. The molecule has 1 aromatic rings. The zero-order chi connectivity index (χ0) is 22.7. The van der Waals surface area contributed by atoms with Gasteiger partial charge in [0.1, 0.15) is 0 Å². The lowest BCUT2D eigenvalue weighted by molar-refractivity contribution is -0.468. The molecular weight excluding hydrogens is 517 g/mol. The molecule has 0 N–H and O–H groups in total. The van der Waals surface area contributed by atoms with Crippen molar-refractivity contribution >= 4 is 34.8 Å². The number of allylic oxidation sites excluding steroid dienone is 3. The number of nitrogens with zero attached hydrogens (tertiary/aromatic N) is 3. The molecule has 1 aliphatic heterocycles. The highest BCUT2D eigenvalue weighted by Gasteiger charge is 2.58. The van der Waals surface area contributed by atoms with Crippen LogP contribution >= 0.6 is 22.9 Å². The summed E-state index contributed by atoms with van der Waals surface area (Å²) in [6, 6.07) is 6.34. The number of aryl methyl sites for hydroxylation is 1. The molecule has 1 spiro atoms. The van der Waals surface area contributed by atoms with Crippen molar-refractivity contribution in [3.05, 3.63) is 75.0 Å². The van der Waals surface area contributed by atoms with Crippen molar-refractivity contribution in [1.29, 1.82) is 0 Å². The lowest BCUT2D eigenvalue weighted by Gasteiger charge is -2.35. The van der Waals surface area contributed by atoms with Crippen LogP contribution in [0.2, 0.25) is 0 Å². The first-order chi connectivity index (χ1) is 15.4. The van der Waals surface area contributed by atoms with Crippen LogP contribution in [0.25, 0.3) is 6.08 Å². The molecule has 0 radical (unpaired) electrons. The van der Waals surface area contributed by atoms with E-state index in [1.165, 1.54) is 5.56 Å². The number of nitro groups is 1. The molecule has 4 rings (SSSR count). The van der Waals surface area contributed by atoms with Gasteiger partial charge in [-0.2, -0.15) is 0 Å². The fourth-order valence-electron chi connectivity index (χ4n) is 5.01. The first-order valence-corrected chi connectivity index (χ1v) is 12.4. The molecule has 0 aromatic heterocycles. The van der Waals surface area contributed by atoms with Gasteiger partial charge in [-0.25, -0.2) is 0 Å². The summed E-state index contributed by atoms with van der Waals surface area (Å²) in [7, 11) is 0. The summed E-state index contributed by atoms with van der Waals surface area (Å²) in [6.07, 6.45) is 16.0. The summed E-state index contributed by atoms with van der Waals surface area (Å²) in [5, 5.41) is 10.8. The Morgan fingerprint density at radius 1 is 1.38 bits per heavy atom. The number of amides is 1. The van der Waals surface area contributed by atoms with Crippen LogP contribution in [0.15, 0.2) is 48.2 Å². The molecule has 1 aromatic carbocycles. The molecule has 0 bridgehead atoms. The Hall–Kier alpha value is -2.16. The second-order valence-corrected chi connectivity index (χ2v) is 10.00. The number of rotatable bonds is 7. The number of halogens is 1. The van der Waals surface area contributed by atoms with Crippen LogP contribution in [0.3, 0.4) is 0 Å². The van der Waals surface area contributed by atoms with Gasteiger partial charge in [0, 0.05) is 41.4 Å². The minimum atomic E-state index is -0.292. The quantitative estimate of drug-likeness (QED) is 0.150. The molecule has 7 heteroatoms. The molecule has 1 heterocycles. The normalized spacial score (nSPS) is 21.6. The smallest absolute Gasteiger partial charge is 0.263 e. The Kier molecular flexibility index (Phi) is 7.02. The Bertz CT molecular complexity index is 977. The van der Waals surface area contributed by atoms with E-state index >= 15 is 0 Å². The highest BCUT2D eigenvalue weighted by Crippen LogP contribution is 2.58. The van der Waals surface area contributed by atoms with E-state index in [4.69, 9.17) is 0 Å².